The fourth-order valence-electron chi connectivity index (χ4n) is 2.72. The average Bonchev–Trinajstić information content (AvgIpc) is 2.79. The molecule has 2 rings (SSSR count). The van der Waals surface area contributed by atoms with Crippen LogP contribution in [0.1, 0.15) is 38.3 Å². The number of likely N-dealkylation sites (N-methyl/N-ethyl adjacent to an activating group) is 1. The van der Waals surface area contributed by atoms with E-state index in [1.807, 2.05) is 19.1 Å². The van der Waals surface area contributed by atoms with E-state index in [0.29, 0.717) is 25.9 Å². The maximum Gasteiger partial charge on any atom is 0.229 e. The van der Waals surface area contributed by atoms with E-state index >= 15 is 0 Å². The van der Waals surface area contributed by atoms with E-state index in [-0.39, 0.29) is 23.6 Å². The molecular weight excluding hydrogens is 268 g/mol. The summed E-state index contributed by atoms with van der Waals surface area (Å²) in [6, 6.07) is 7.31. The number of likely N-dealkylation sites (tertiary alicyclic amines) is 1. The van der Waals surface area contributed by atoms with Gasteiger partial charge in [-0.3, -0.25) is 19.4 Å². The first-order chi connectivity index (χ1) is 10.0. The van der Waals surface area contributed by atoms with Gasteiger partial charge in [-0.1, -0.05) is 19.1 Å². The number of benzene rings is 1. The maximum atomic E-state index is 11.6. The van der Waals surface area contributed by atoms with Gasteiger partial charge in [0, 0.05) is 32.0 Å². The second kappa shape index (κ2) is 6.72. The minimum absolute atomic E-state index is 0.0685. The van der Waals surface area contributed by atoms with Crippen LogP contribution in [0.3, 0.4) is 0 Å². The van der Waals surface area contributed by atoms with Crippen molar-refractivity contribution >= 4 is 11.8 Å². The Bertz CT molecular complexity index is 514. The van der Waals surface area contributed by atoms with Crippen LogP contribution in [0, 0.1) is 0 Å². The van der Waals surface area contributed by atoms with Crippen LogP contribution >= 0.6 is 0 Å². The Labute approximate surface area is 125 Å². The van der Waals surface area contributed by atoms with Gasteiger partial charge in [-0.25, -0.2) is 0 Å². The van der Waals surface area contributed by atoms with E-state index in [2.05, 4.69) is 11.8 Å². The number of phenols is 1. The maximum absolute atomic E-state index is 11.6. The lowest BCUT2D eigenvalue weighted by Gasteiger charge is -2.29. The van der Waals surface area contributed by atoms with Crippen LogP contribution in [0.5, 0.6) is 5.75 Å². The number of carbonyl (C=O) groups excluding carboxylic acids is 2. The van der Waals surface area contributed by atoms with E-state index in [1.54, 1.807) is 12.1 Å². The average molecular weight is 290 g/mol. The first-order valence-electron chi connectivity index (χ1n) is 7.39. The first-order valence-corrected chi connectivity index (χ1v) is 7.39. The largest absolute Gasteiger partial charge is 0.508 e. The van der Waals surface area contributed by atoms with Gasteiger partial charge in [-0.15, -0.1) is 0 Å². The Morgan fingerprint density at radius 2 is 1.95 bits per heavy atom. The molecule has 0 radical (unpaired) electrons. The Morgan fingerprint density at radius 3 is 2.52 bits per heavy atom. The number of hydrogen-bond donors (Lipinski definition) is 1. The summed E-state index contributed by atoms with van der Waals surface area (Å²) < 4.78 is 0. The van der Waals surface area contributed by atoms with Crippen LogP contribution < -0.4 is 0 Å². The number of imide groups is 1. The highest BCUT2D eigenvalue weighted by atomic mass is 16.3. The van der Waals surface area contributed by atoms with E-state index in [4.69, 9.17) is 0 Å². The summed E-state index contributed by atoms with van der Waals surface area (Å²) in [6.07, 6.45) is 0.681. The Kier molecular flexibility index (Phi) is 4.96. The van der Waals surface area contributed by atoms with Crippen molar-refractivity contribution in [3.05, 3.63) is 29.8 Å². The third-order valence-electron chi connectivity index (χ3n) is 4.07. The molecule has 21 heavy (non-hydrogen) atoms. The summed E-state index contributed by atoms with van der Waals surface area (Å²) in [6.45, 7) is 6.01. The van der Waals surface area contributed by atoms with Gasteiger partial charge in [0.25, 0.3) is 0 Å². The van der Waals surface area contributed by atoms with Crippen LogP contribution in [0.25, 0.3) is 0 Å². The zero-order valence-corrected chi connectivity index (χ0v) is 12.6. The number of nitrogens with zero attached hydrogens (tertiary/aromatic N) is 2. The second-order valence-corrected chi connectivity index (χ2v) is 5.34. The van der Waals surface area contributed by atoms with Crippen LogP contribution in [0.2, 0.25) is 0 Å². The summed E-state index contributed by atoms with van der Waals surface area (Å²) in [5, 5.41) is 9.57. The van der Waals surface area contributed by atoms with Crippen molar-refractivity contribution in [2.24, 2.45) is 0 Å². The summed E-state index contributed by atoms with van der Waals surface area (Å²) in [5.74, 6) is 0.113. The van der Waals surface area contributed by atoms with E-state index < -0.39 is 0 Å². The molecule has 1 aliphatic heterocycles. The molecule has 0 aromatic heterocycles. The quantitative estimate of drug-likeness (QED) is 0.813. The molecule has 5 nitrogen and oxygen atoms in total. The molecule has 1 atom stereocenters. The predicted molar refractivity (Wildman–Crippen MR) is 79.7 cm³/mol. The molecule has 1 saturated heterocycles. The number of hydrogen-bond acceptors (Lipinski definition) is 4. The zero-order chi connectivity index (χ0) is 15.4. The molecule has 2 amide bonds. The van der Waals surface area contributed by atoms with Gasteiger partial charge in [-0.05, 0) is 31.2 Å². The normalized spacial score (nSPS) is 16.8. The highest BCUT2D eigenvalue weighted by Gasteiger charge is 2.29. The van der Waals surface area contributed by atoms with Gasteiger partial charge < -0.3 is 5.11 Å². The van der Waals surface area contributed by atoms with Crippen molar-refractivity contribution in [2.75, 3.05) is 19.6 Å². The third kappa shape index (κ3) is 3.61. The van der Waals surface area contributed by atoms with Gasteiger partial charge in [0.2, 0.25) is 11.8 Å². The van der Waals surface area contributed by atoms with Crippen molar-refractivity contribution < 1.29 is 14.7 Å². The van der Waals surface area contributed by atoms with Gasteiger partial charge in [0.1, 0.15) is 5.75 Å². The Balaban J connectivity index is 1.99. The lowest BCUT2D eigenvalue weighted by Crippen LogP contribution is -2.38. The monoisotopic (exact) mass is 290 g/mol. The topological polar surface area (TPSA) is 60.9 Å². The van der Waals surface area contributed by atoms with E-state index in [0.717, 1.165) is 12.1 Å². The van der Waals surface area contributed by atoms with Gasteiger partial charge in [0.05, 0.1) is 0 Å². The molecule has 5 heteroatoms. The molecule has 1 fully saturated rings. The van der Waals surface area contributed by atoms with Gasteiger partial charge in [0.15, 0.2) is 0 Å². The minimum atomic E-state index is -0.0685. The SMILES string of the molecule is CCN(CCN1C(=O)CCC1=O)[C@H](C)c1cccc(O)c1. The predicted octanol–water partition coefficient (Wildman–Crippen LogP) is 1.92. The molecule has 1 aromatic carbocycles. The number of phenolic OH excluding ortho intramolecular Hbond substituents is 1. The fourth-order valence-corrected chi connectivity index (χ4v) is 2.72. The summed E-state index contributed by atoms with van der Waals surface area (Å²) in [5.41, 5.74) is 1.02. The van der Waals surface area contributed by atoms with Crippen molar-refractivity contribution in [2.45, 2.75) is 32.7 Å². The van der Waals surface area contributed by atoms with Crippen LogP contribution in [-0.4, -0.2) is 46.4 Å². The molecule has 0 bridgehead atoms. The molecule has 1 heterocycles. The summed E-state index contributed by atoms with van der Waals surface area (Å²) in [4.78, 5) is 26.8. The first kappa shape index (κ1) is 15.5. The number of rotatable bonds is 6. The van der Waals surface area contributed by atoms with Crippen molar-refractivity contribution in [3.63, 3.8) is 0 Å². The van der Waals surface area contributed by atoms with E-state index in [1.165, 1.54) is 4.90 Å². The fraction of sp³-hybridized carbons (Fsp3) is 0.500. The molecule has 0 aliphatic carbocycles. The summed E-state index contributed by atoms with van der Waals surface area (Å²) in [7, 11) is 0. The Hall–Kier alpha value is -1.88. The molecule has 114 valence electrons. The zero-order valence-electron chi connectivity index (χ0n) is 12.6. The van der Waals surface area contributed by atoms with Crippen LogP contribution in [-0.2, 0) is 9.59 Å². The molecule has 0 saturated carbocycles. The summed E-state index contributed by atoms with van der Waals surface area (Å²) >= 11 is 0. The van der Waals surface area contributed by atoms with Crippen LogP contribution in [0.15, 0.2) is 24.3 Å². The van der Waals surface area contributed by atoms with Crippen LogP contribution in [0.4, 0.5) is 0 Å². The molecule has 0 unspecified atom stereocenters. The number of carbonyl (C=O) groups is 2. The minimum Gasteiger partial charge on any atom is -0.508 e. The van der Waals surface area contributed by atoms with E-state index in [9.17, 15) is 14.7 Å². The van der Waals surface area contributed by atoms with Crippen molar-refractivity contribution in [1.82, 2.24) is 9.80 Å². The molecule has 1 aromatic rings. The molecular formula is C16H22N2O3. The lowest BCUT2D eigenvalue weighted by molar-refractivity contribution is -0.138. The highest BCUT2D eigenvalue weighted by Crippen LogP contribution is 2.23. The number of aromatic hydroxyl groups is 1. The highest BCUT2D eigenvalue weighted by molar-refractivity contribution is 6.01. The van der Waals surface area contributed by atoms with Gasteiger partial charge in [-0.2, -0.15) is 0 Å². The number of amides is 2. The van der Waals surface area contributed by atoms with Gasteiger partial charge >= 0.3 is 0 Å². The standard InChI is InChI=1S/C16H22N2O3/c1-3-17(9-10-18-15(20)7-8-16(18)21)12(2)13-5-4-6-14(19)11-13/h4-6,11-12,19H,3,7-10H2,1-2H3/t12-/m1/s1. The van der Waals surface area contributed by atoms with Crippen molar-refractivity contribution in [3.8, 4) is 5.75 Å². The van der Waals surface area contributed by atoms with Crippen molar-refractivity contribution in [1.29, 1.82) is 0 Å². The molecule has 1 N–H and O–H groups in total. The lowest BCUT2D eigenvalue weighted by atomic mass is 10.1. The third-order valence-corrected chi connectivity index (χ3v) is 4.07. The smallest absolute Gasteiger partial charge is 0.229 e. The molecule has 1 aliphatic rings. The second-order valence-electron chi connectivity index (χ2n) is 5.34. The Morgan fingerprint density at radius 1 is 1.29 bits per heavy atom. The molecule has 0 spiro atoms.